The Bertz CT molecular complexity index is 329. The first-order valence-corrected chi connectivity index (χ1v) is 6.02. The molecule has 2 rings (SSSR count). The zero-order valence-electron chi connectivity index (χ0n) is 9.72. The molecule has 2 atom stereocenters. The predicted octanol–water partition coefficient (Wildman–Crippen LogP) is 2.62. The number of rotatable bonds is 2. The summed E-state index contributed by atoms with van der Waals surface area (Å²) < 4.78 is 5.00. The molecule has 0 N–H and O–H groups in total. The zero-order valence-corrected chi connectivity index (χ0v) is 10.9. The Hall–Kier alpha value is -0.920. The van der Waals surface area contributed by atoms with Gasteiger partial charge in [0, 0.05) is 28.1 Å². The Morgan fingerprint density at radius 1 is 1.31 bits per heavy atom. The molecule has 4 heteroatoms. The van der Waals surface area contributed by atoms with Crippen LogP contribution in [0.5, 0.6) is 0 Å². The van der Waals surface area contributed by atoms with Crippen molar-refractivity contribution in [2.75, 3.05) is 11.4 Å². The summed E-state index contributed by atoms with van der Waals surface area (Å²) in [5, 5.41) is 0. The van der Waals surface area contributed by atoms with Crippen molar-refractivity contribution in [3.05, 3.63) is 30.3 Å². The summed E-state index contributed by atoms with van der Waals surface area (Å²) in [7, 11) is 2.15. The normalized spacial score (nSPS) is 19.3. The molecule has 16 heavy (non-hydrogen) atoms. The lowest BCUT2D eigenvalue weighted by atomic mass is 10.3. The van der Waals surface area contributed by atoms with E-state index in [-0.39, 0.29) is 12.0 Å². The van der Waals surface area contributed by atoms with Crippen molar-refractivity contribution in [3.63, 3.8) is 0 Å². The number of carbonyl (C=O) groups excluding carboxylic acids is 1. The smallest absolute Gasteiger partial charge is 0.256 e. The maximum Gasteiger partial charge on any atom is 0.256 e. The van der Waals surface area contributed by atoms with Crippen LogP contribution in [0, 0.1) is 0 Å². The summed E-state index contributed by atoms with van der Waals surface area (Å²) in [6.07, 6.45) is 0.470. The fourth-order valence-corrected chi connectivity index (χ4v) is 1.90. The molecule has 0 spiro atoms. The lowest BCUT2D eigenvalue weighted by Gasteiger charge is -2.15. The third kappa shape index (κ3) is 2.81. The summed E-state index contributed by atoms with van der Waals surface area (Å²) in [5.41, 5.74) is 0.946. The van der Waals surface area contributed by atoms with E-state index in [2.05, 4.69) is 9.47 Å². The van der Waals surface area contributed by atoms with Crippen molar-refractivity contribution in [2.45, 2.75) is 26.4 Å². The van der Waals surface area contributed by atoms with E-state index < -0.39 is 0 Å². The van der Waals surface area contributed by atoms with Crippen molar-refractivity contribution in [2.24, 2.45) is 0 Å². The number of hydrogen-bond acceptors (Lipinski definition) is 2. The van der Waals surface area contributed by atoms with E-state index in [9.17, 15) is 4.79 Å². The highest BCUT2D eigenvalue weighted by Crippen LogP contribution is 2.23. The zero-order chi connectivity index (χ0) is 12.0. The summed E-state index contributed by atoms with van der Waals surface area (Å²) in [5.74, 6) is 0.0474. The minimum absolute atomic E-state index is 0.0474. The topological polar surface area (TPSA) is 29.5 Å². The van der Waals surface area contributed by atoms with Crippen molar-refractivity contribution < 1.29 is 9.32 Å². The van der Waals surface area contributed by atoms with Crippen LogP contribution in [0.2, 0.25) is 0 Å². The van der Waals surface area contributed by atoms with Crippen LogP contribution in [-0.4, -0.2) is 18.6 Å². The quantitative estimate of drug-likeness (QED) is 0.742. The molecule has 0 aliphatic carbocycles. The molecule has 1 aromatic carbocycles. The number of carbonyl (C=O) groups is 1. The number of para-hydroxylation sites is 1. The van der Waals surface area contributed by atoms with Gasteiger partial charge in [-0.1, -0.05) is 32.0 Å². The fourth-order valence-electron chi connectivity index (χ4n) is 1.64. The van der Waals surface area contributed by atoms with Gasteiger partial charge < -0.3 is 9.42 Å². The minimum atomic E-state index is -0.291. The van der Waals surface area contributed by atoms with Crippen LogP contribution < -0.4 is 4.90 Å². The standard InChI is InChI=1S/C10H12NO2P.C2H6/c12-10-9(13-14)6-7-11(10)8-4-2-1-3-5-8;1-2/h1-5,9H,6-7,14H2;1-2H3. The third-order valence-corrected chi connectivity index (χ3v) is 2.72. The average Bonchev–Trinajstić information content (AvgIpc) is 2.74. The molecule has 1 heterocycles. The van der Waals surface area contributed by atoms with E-state index in [1.54, 1.807) is 4.90 Å². The lowest BCUT2D eigenvalue weighted by molar-refractivity contribution is -0.122. The van der Waals surface area contributed by atoms with Gasteiger partial charge in [0.25, 0.3) is 5.91 Å². The molecule has 1 amide bonds. The van der Waals surface area contributed by atoms with Crippen LogP contribution in [-0.2, 0) is 9.32 Å². The molecule has 1 aromatic rings. The summed E-state index contributed by atoms with van der Waals surface area (Å²) in [4.78, 5) is 13.5. The van der Waals surface area contributed by atoms with Gasteiger partial charge in [-0.25, -0.2) is 0 Å². The molecule has 0 aromatic heterocycles. The van der Waals surface area contributed by atoms with Crippen LogP contribution in [0.3, 0.4) is 0 Å². The molecule has 1 aliphatic rings. The fraction of sp³-hybridized carbons (Fsp3) is 0.417. The number of amides is 1. The number of nitrogens with zero attached hydrogens (tertiary/aromatic N) is 1. The molecule has 1 fully saturated rings. The molecule has 1 saturated heterocycles. The van der Waals surface area contributed by atoms with Gasteiger partial charge in [-0.15, -0.1) is 0 Å². The van der Waals surface area contributed by atoms with E-state index in [0.717, 1.165) is 18.7 Å². The van der Waals surface area contributed by atoms with Crippen LogP contribution in [0.15, 0.2) is 30.3 Å². The van der Waals surface area contributed by atoms with Gasteiger partial charge in [-0.2, -0.15) is 0 Å². The Morgan fingerprint density at radius 2 is 1.94 bits per heavy atom. The van der Waals surface area contributed by atoms with Crippen molar-refractivity contribution >= 4 is 21.1 Å². The summed E-state index contributed by atoms with van der Waals surface area (Å²) in [6, 6.07) is 9.66. The Morgan fingerprint density at radius 3 is 2.44 bits per heavy atom. The van der Waals surface area contributed by atoms with Gasteiger partial charge in [0.05, 0.1) is 0 Å². The van der Waals surface area contributed by atoms with Crippen molar-refractivity contribution in [1.82, 2.24) is 0 Å². The lowest BCUT2D eigenvalue weighted by Crippen LogP contribution is -2.29. The molecule has 0 bridgehead atoms. The van der Waals surface area contributed by atoms with Gasteiger partial charge in [0.2, 0.25) is 0 Å². The van der Waals surface area contributed by atoms with Crippen LogP contribution in [0.25, 0.3) is 0 Å². The number of benzene rings is 1. The molecule has 1 aliphatic heterocycles. The first kappa shape index (κ1) is 13.1. The number of hydrogen-bond donors (Lipinski definition) is 0. The molecular weight excluding hydrogens is 221 g/mol. The molecule has 88 valence electrons. The molecular formula is C12H18NO2P. The number of anilines is 1. The monoisotopic (exact) mass is 239 g/mol. The maximum absolute atomic E-state index is 11.7. The van der Waals surface area contributed by atoms with E-state index in [0.29, 0.717) is 0 Å². The van der Waals surface area contributed by atoms with Gasteiger partial charge >= 0.3 is 0 Å². The summed E-state index contributed by atoms with van der Waals surface area (Å²) in [6.45, 7) is 4.74. The largest absolute Gasteiger partial charge is 0.353 e. The Kier molecular flexibility index (Phi) is 5.44. The molecule has 3 nitrogen and oxygen atoms in total. The molecule has 2 unspecified atom stereocenters. The van der Waals surface area contributed by atoms with Crippen LogP contribution >= 0.6 is 9.47 Å². The predicted molar refractivity (Wildman–Crippen MR) is 69.3 cm³/mol. The second kappa shape index (κ2) is 6.62. The first-order chi connectivity index (χ1) is 7.83. The molecule has 0 saturated carbocycles. The average molecular weight is 239 g/mol. The SMILES string of the molecule is CC.O=C1C(OP)CCN1c1ccccc1. The summed E-state index contributed by atoms with van der Waals surface area (Å²) >= 11 is 0. The Balaban J connectivity index is 0.000000606. The first-order valence-electron chi connectivity index (χ1n) is 5.55. The second-order valence-corrected chi connectivity index (χ2v) is 3.51. The molecule has 0 radical (unpaired) electrons. The van der Waals surface area contributed by atoms with Crippen LogP contribution in [0.1, 0.15) is 20.3 Å². The van der Waals surface area contributed by atoms with Crippen LogP contribution in [0.4, 0.5) is 5.69 Å². The van der Waals surface area contributed by atoms with Gasteiger partial charge in [0.1, 0.15) is 6.10 Å². The maximum atomic E-state index is 11.7. The van der Waals surface area contributed by atoms with Crippen molar-refractivity contribution in [3.8, 4) is 0 Å². The highest BCUT2D eigenvalue weighted by Gasteiger charge is 2.32. The highest BCUT2D eigenvalue weighted by molar-refractivity contribution is 7.09. The van der Waals surface area contributed by atoms with E-state index in [4.69, 9.17) is 4.52 Å². The Labute approximate surface area is 99.1 Å². The van der Waals surface area contributed by atoms with Gasteiger partial charge in [-0.05, 0) is 12.1 Å². The highest BCUT2D eigenvalue weighted by atomic mass is 31.0. The minimum Gasteiger partial charge on any atom is -0.353 e. The van der Waals surface area contributed by atoms with E-state index in [1.165, 1.54) is 0 Å². The van der Waals surface area contributed by atoms with Gasteiger partial charge in [0.15, 0.2) is 0 Å². The van der Waals surface area contributed by atoms with Gasteiger partial charge in [-0.3, -0.25) is 4.79 Å². The van der Waals surface area contributed by atoms with E-state index >= 15 is 0 Å². The van der Waals surface area contributed by atoms with E-state index in [1.807, 2.05) is 44.2 Å². The third-order valence-electron chi connectivity index (χ3n) is 2.39. The van der Waals surface area contributed by atoms with Crippen molar-refractivity contribution in [1.29, 1.82) is 0 Å². The second-order valence-electron chi connectivity index (χ2n) is 3.24.